The molecule has 0 amide bonds. The second-order valence-electron chi connectivity index (χ2n) is 4.78. The zero-order valence-electron chi connectivity index (χ0n) is 12.3. The molecule has 0 bridgehead atoms. The third-order valence-electron chi connectivity index (χ3n) is 3.08. The predicted molar refractivity (Wildman–Crippen MR) is 98.8 cm³/mol. The Kier molecular flexibility index (Phi) is 6.95. The first-order valence-electron chi connectivity index (χ1n) is 7.23. The van der Waals surface area contributed by atoms with Crippen LogP contribution in [0.2, 0.25) is 0 Å². The van der Waals surface area contributed by atoms with Gasteiger partial charge in [-0.3, -0.25) is 4.57 Å². The molecule has 0 saturated carbocycles. The molecule has 0 N–H and O–H groups in total. The normalized spacial score (nSPS) is 13.8. The Bertz CT molecular complexity index is 572. The number of hydrogen-bond donors (Lipinski definition) is 0. The van der Waals surface area contributed by atoms with Gasteiger partial charge in [0.25, 0.3) is 0 Å². The van der Waals surface area contributed by atoms with Crippen LogP contribution in [0.3, 0.4) is 0 Å². The van der Waals surface area contributed by atoms with Crippen molar-refractivity contribution < 1.29 is 4.57 Å². The Morgan fingerprint density at radius 3 is 2.14 bits per heavy atom. The molecule has 0 aliphatic carbocycles. The average Bonchev–Trinajstić information content (AvgIpc) is 2.55. The average molecular weight is 336 g/mol. The van der Waals surface area contributed by atoms with Crippen molar-refractivity contribution in [1.29, 1.82) is 0 Å². The van der Waals surface area contributed by atoms with Gasteiger partial charge < -0.3 is 0 Å². The van der Waals surface area contributed by atoms with E-state index in [1.807, 2.05) is 48.5 Å². The Labute approximate surface area is 135 Å². The van der Waals surface area contributed by atoms with E-state index >= 15 is 0 Å². The van der Waals surface area contributed by atoms with E-state index in [1.54, 1.807) is 22.8 Å². The lowest BCUT2D eigenvalue weighted by Gasteiger charge is -2.17. The predicted octanol–water partition coefficient (Wildman–Crippen LogP) is 5.97. The van der Waals surface area contributed by atoms with Gasteiger partial charge in [-0.15, -0.1) is 0 Å². The maximum absolute atomic E-state index is 13.4. The van der Waals surface area contributed by atoms with Crippen molar-refractivity contribution in [3.8, 4) is 0 Å². The third kappa shape index (κ3) is 5.25. The zero-order chi connectivity index (χ0) is 15.0. The topological polar surface area (TPSA) is 17.1 Å². The fourth-order valence-corrected chi connectivity index (χ4v) is 9.67. The molecule has 2 rings (SSSR count). The van der Waals surface area contributed by atoms with Crippen LogP contribution in [0.5, 0.6) is 0 Å². The molecule has 1 atom stereocenters. The van der Waals surface area contributed by atoms with Crippen LogP contribution < -0.4 is 5.30 Å². The molecular weight excluding hydrogens is 315 g/mol. The summed E-state index contributed by atoms with van der Waals surface area (Å²) < 4.78 is 13.4. The number of benzene rings is 2. The monoisotopic (exact) mass is 336 g/mol. The maximum atomic E-state index is 13.4. The summed E-state index contributed by atoms with van der Waals surface area (Å²) in [5.74, 6) is 1.76. The fourth-order valence-electron chi connectivity index (χ4n) is 1.86. The SMILES string of the molecule is CCCCSP(=O)(SCc1ccccc1)c1ccccc1. The molecular formula is C17H21OPS2. The van der Waals surface area contributed by atoms with Crippen molar-refractivity contribution in [2.75, 3.05) is 5.75 Å². The van der Waals surface area contributed by atoms with Crippen LogP contribution in [-0.2, 0) is 10.3 Å². The van der Waals surface area contributed by atoms with Gasteiger partial charge in [0.15, 0.2) is 0 Å². The summed E-state index contributed by atoms with van der Waals surface area (Å²) in [6, 6.07) is 20.2. The van der Waals surface area contributed by atoms with Crippen LogP contribution in [0.4, 0.5) is 0 Å². The molecule has 0 aromatic heterocycles. The van der Waals surface area contributed by atoms with E-state index in [9.17, 15) is 4.57 Å². The van der Waals surface area contributed by atoms with E-state index in [0.717, 1.165) is 29.7 Å². The zero-order valence-corrected chi connectivity index (χ0v) is 14.8. The molecule has 1 nitrogen and oxygen atoms in total. The van der Waals surface area contributed by atoms with E-state index in [2.05, 4.69) is 19.1 Å². The van der Waals surface area contributed by atoms with Crippen LogP contribution in [0, 0.1) is 0 Å². The van der Waals surface area contributed by atoms with Gasteiger partial charge in [-0.05, 0) is 24.1 Å². The minimum atomic E-state index is -2.43. The van der Waals surface area contributed by atoms with Gasteiger partial charge in [-0.25, -0.2) is 0 Å². The highest BCUT2D eigenvalue weighted by molar-refractivity contribution is 8.92. The first-order chi connectivity index (χ1) is 10.2. The second kappa shape index (κ2) is 8.73. The lowest BCUT2D eigenvalue weighted by molar-refractivity contribution is 0.598. The summed E-state index contributed by atoms with van der Waals surface area (Å²) in [6.45, 7) is 2.17. The summed E-state index contributed by atoms with van der Waals surface area (Å²) in [5, 5.41) is 0.979. The van der Waals surface area contributed by atoms with Crippen molar-refractivity contribution >= 4 is 33.6 Å². The van der Waals surface area contributed by atoms with Crippen LogP contribution in [0.1, 0.15) is 25.3 Å². The first kappa shape index (κ1) is 16.7. The standard InChI is InChI=1S/C17H21OPS2/c1-2-3-14-20-19(18,17-12-8-5-9-13-17)21-15-16-10-6-4-7-11-16/h4-13H,2-3,14-15H2,1H3. The summed E-state index contributed by atoms with van der Waals surface area (Å²) >= 11 is 3.24. The molecule has 0 spiro atoms. The largest absolute Gasteiger partial charge is 0.295 e. The van der Waals surface area contributed by atoms with E-state index < -0.39 is 5.55 Å². The second-order valence-corrected chi connectivity index (χ2v) is 12.8. The summed E-state index contributed by atoms with van der Waals surface area (Å²) in [4.78, 5) is 0. The quantitative estimate of drug-likeness (QED) is 0.436. The van der Waals surface area contributed by atoms with Crippen molar-refractivity contribution in [1.82, 2.24) is 0 Å². The lowest BCUT2D eigenvalue weighted by Crippen LogP contribution is -2.00. The van der Waals surface area contributed by atoms with Gasteiger partial charge in [0.05, 0.1) is 0 Å². The molecule has 21 heavy (non-hydrogen) atoms. The summed E-state index contributed by atoms with van der Waals surface area (Å²) in [6.07, 6.45) is 2.26. The highest BCUT2D eigenvalue weighted by Gasteiger charge is 2.25. The van der Waals surface area contributed by atoms with Gasteiger partial charge in [-0.2, -0.15) is 0 Å². The first-order valence-corrected chi connectivity index (χ1v) is 12.1. The molecule has 0 radical (unpaired) electrons. The summed E-state index contributed by atoms with van der Waals surface area (Å²) in [5.41, 5.74) is -1.20. The molecule has 2 aromatic carbocycles. The third-order valence-corrected chi connectivity index (χ3v) is 11.8. The van der Waals surface area contributed by atoms with Crippen molar-refractivity contribution in [3.63, 3.8) is 0 Å². The Hall–Kier alpha value is -0.630. The molecule has 0 aliphatic heterocycles. The molecule has 4 heteroatoms. The van der Waals surface area contributed by atoms with Crippen molar-refractivity contribution in [3.05, 3.63) is 66.2 Å². The van der Waals surface area contributed by atoms with Gasteiger partial charge >= 0.3 is 0 Å². The van der Waals surface area contributed by atoms with Gasteiger partial charge in [0, 0.05) is 16.8 Å². The van der Waals surface area contributed by atoms with Gasteiger partial charge in [0.1, 0.15) is 0 Å². The van der Waals surface area contributed by atoms with Crippen LogP contribution in [0.15, 0.2) is 60.7 Å². The van der Waals surface area contributed by atoms with Crippen LogP contribution >= 0.6 is 28.3 Å². The van der Waals surface area contributed by atoms with Crippen LogP contribution in [0.25, 0.3) is 0 Å². The van der Waals surface area contributed by atoms with Gasteiger partial charge in [0.2, 0.25) is 5.55 Å². The lowest BCUT2D eigenvalue weighted by atomic mass is 10.2. The van der Waals surface area contributed by atoms with E-state index in [1.165, 1.54) is 5.56 Å². The number of hydrogen-bond acceptors (Lipinski definition) is 3. The number of rotatable bonds is 8. The molecule has 2 aromatic rings. The molecule has 0 saturated heterocycles. The van der Waals surface area contributed by atoms with Gasteiger partial charge in [-0.1, -0.05) is 84.6 Å². The Morgan fingerprint density at radius 2 is 1.52 bits per heavy atom. The van der Waals surface area contributed by atoms with Crippen LogP contribution in [-0.4, -0.2) is 5.75 Å². The highest BCUT2D eigenvalue weighted by atomic mass is 33.1. The highest BCUT2D eigenvalue weighted by Crippen LogP contribution is 2.68. The molecule has 0 heterocycles. The molecule has 0 fully saturated rings. The summed E-state index contributed by atoms with van der Waals surface area (Å²) in [7, 11) is 0. The van der Waals surface area contributed by atoms with Crippen molar-refractivity contribution in [2.45, 2.75) is 25.5 Å². The minimum Gasteiger partial charge on any atom is -0.295 e. The molecule has 112 valence electrons. The number of unbranched alkanes of at least 4 members (excludes halogenated alkanes) is 1. The van der Waals surface area contributed by atoms with E-state index in [4.69, 9.17) is 0 Å². The smallest absolute Gasteiger partial charge is 0.219 e. The maximum Gasteiger partial charge on any atom is 0.219 e. The fraction of sp³-hybridized carbons (Fsp3) is 0.294. The molecule has 0 aliphatic rings. The van der Waals surface area contributed by atoms with Crippen molar-refractivity contribution in [2.24, 2.45) is 0 Å². The Morgan fingerprint density at radius 1 is 0.905 bits per heavy atom. The Balaban J connectivity index is 2.10. The minimum absolute atomic E-state index is 0.798. The molecule has 1 unspecified atom stereocenters. The van der Waals surface area contributed by atoms with E-state index in [-0.39, 0.29) is 0 Å². The van der Waals surface area contributed by atoms with E-state index in [0.29, 0.717) is 0 Å².